The predicted molar refractivity (Wildman–Crippen MR) is 111 cm³/mol. The van der Waals surface area contributed by atoms with Gasteiger partial charge in [-0.05, 0) is 18.2 Å². The van der Waals surface area contributed by atoms with E-state index in [-0.39, 0.29) is 24.1 Å². The molecule has 7 heteroatoms. The molecule has 0 saturated carbocycles. The second-order valence-electron chi connectivity index (χ2n) is 7.69. The second kappa shape index (κ2) is 6.66. The third-order valence-electron chi connectivity index (χ3n) is 5.55. The van der Waals surface area contributed by atoms with Crippen molar-refractivity contribution in [3.63, 3.8) is 0 Å². The van der Waals surface area contributed by atoms with Crippen molar-refractivity contribution in [2.24, 2.45) is 5.92 Å². The number of ether oxygens (including phenoxy) is 2. The zero-order valence-electron chi connectivity index (χ0n) is 16.5. The maximum Gasteiger partial charge on any atom is 0.294 e. The van der Waals surface area contributed by atoms with Crippen LogP contribution in [0.15, 0.2) is 60.0 Å². The minimum atomic E-state index is -0.760. The summed E-state index contributed by atoms with van der Waals surface area (Å²) in [5, 5.41) is 11.6. The number of fused-ring (bicyclic) bond motifs is 2. The number of hydrogen-bond donors (Lipinski definition) is 2. The summed E-state index contributed by atoms with van der Waals surface area (Å²) < 4.78 is 10.8. The Labute approximate surface area is 172 Å². The molecule has 0 spiro atoms. The Kier molecular flexibility index (Phi) is 4.06. The van der Waals surface area contributed by atoms with Crippen LogP contribution in [0.25, 0.3) is 10.9 Å². The summed E-state index contributed by atoms with van der Waals surface area (Å²) in [7, 11) is 0. The van der Waals surface area contributed by atoms with Crippen molar-refractivity contribution in [1.29, 1.82) is 0 Å². The molecule has 1 unspecified atom stereocenters. The summed E-state index contributed by atoms with van der Waals surface area (Å²) in [6.07, 6.45) is 1.79. The van der Waals surface area contributed by atoms with Crippen LogP contribution >= 0.6 is 0 Å². The number of H-pyrrole nitrogens is 1. The van der Waals surface area contributed by atoms with E-state index in [9.17, 15) is 14.7 Å². The summed E-state index contributed by atoms with van der Waals surface area (Å²) in [6.45, 7) is 3.62. The molecule has 0 fully saturated rings. The Hall–Kier alpha value is -3.74. The molecule has 1 amide bonds. The summed E-state index contributed by atoms with van der Waals surface area (Å²) >= 11 is 0. The molecule has 3 heterocycles. The van der Waals surface area contributed by atoms with Crippen LogP contribution in [0.1, 0.15) is 25.5 Å². The van der Waals surface area contributed by atoms with E-state index in [4.69, 9.17) is 9.47 Å². The fourth-order valence-electron chi connectivity index (χ4n) is 4.08. The van der Waals surface area contributed by atoms with Crippen molar-refractivity contribution in [1.82, 2.24) is 4.98 Å². The molecule has 2 aliphatic heterocycles. The van der Waals surface area contributed by atoms with Gasteiger partial charge in [0.1, 0.15) is 0 Å². The molecule has 7 nitrogen and oxygen atoms in total. The minimum Gasteiger partial charge on any atom is -0.503 e. The van der Waals surface area contributed by atoms with E-state index in [2.05, 4.69) is 4.98 Å². The van der Waals surface area contributed by atoms with E-state index in [1.54, 1.807) is 38.2 Å². The van der Waals surface area contributed by atoms with Crippen LogP contribution in [0.4, 0.5) is 5.69 Å². The number of carbonyl (C=O) groups is 2. The quantitative estimate of drug-likeness (QED) is 0.685. The normalized spacial score (nSPS) is 18.2. The van der Waals surface area contributed by atoms with E-state index in [1.807, 2.05) is 24.3 Å². The number of Topliss-reactive ketones (excluding diaryl/α,β-unsaturated/α-hetero) is 1. The summed E-state index contributed by atoms with van der Waals surface area (Å²) in [4.78, 5) is 30.9. The van der Waals surface area contributed by atoms with Gasteiger partial charge in [0.25, 0.3) is 5.91 Å². The van der Waals surface area contributed by atoms with E-state index < -0.39 is 17.7 Å². The zero-order valence-corrected chi connectivity index (χ0v) is 16.5. The van der Waals surface area contributed by atoms with Crippen LogP contribution in [-0.4, -0.2) is 28.6 Å². The van der Waals surface area contributed by atoms with E-state index in [0.29, 0.717) is 17.2 Å². The molecule has 2 N–H and O–H groups in total. The Balaban J connectivity index is 1.71. The van der Waals surface area contributed by atoms with Gasteiger partial charge in [0, 0.05) is 40.3 Å². The highest BCUT2D eigenvalue weighted by Crippen LogP contribution is 2.46. The number of benzene rings is 2. The van der Waals surface area contributed by atoms with Crippen LogP contribution in [-0.2, 0) is 9.59 Å². The number of nitrogens with one attached hydrogen (secondary N) is 1. The molecule has 5 rings (SSSR count). The Morgan fingerprint density at radius 2 is 1.93 bits per heavy atom. The number of aromatic nitrogens is 1. The van der Waals surface area contributed by atoms with Crippen molar-refractivity contribution in [3.05, 3.63) is 65.6 Å². The molecule has 2 aliphatic rings. The minimum absolute atomic E-state index is 0.109. The zero-order chi connectivity index (χ0) is 21.0. The largest absolute Gasteiger partial charge is 0.503 e. The Bertz CT molecular complexity index is 1220. The first-order chi connectivity index (χ1) is 14.5. The lowest BCUT2D eigenvalue weighted by Gasteiger charge is -2.27. The summed E-state index contributed by atoms with van der Waals surface area (Å²) in [5.41, 5.74) is 2.24. The van der Waals surface area contributed by atoms with Gasteiger partial charge in [-0.15, -0.1) is 0 Å². The van der Waals surface area contributed by atoms with Gasteiger partial charge in [-0.2, -0.15) is 0 Å². The average molecular weight is 404 g/mol. The number of rotatable bonds is 4. The van der Waals surface area contributed by atoms with Crippen LogP contribution in [0.2, 0.25) is 0 Å². The maximum atomic E-state index is 13.2. The third-order valence-corrected chi connectivity index (χ3v) is 5.55. The number of para-hydroxylation sites is 1. The number of carbonyl (C=O) groups excluding carboxylic acids is 2. The molecule has 2 aromatic carbocycles. The van der Waals surface area contributed by atoms with Crippen LogP contribution in [0.3, 0.4) is 0 Å². The Morgan fingerprint density at radius 3 is 2.73 bits per heavy atom. The number of anilines is 1. The monoisotopic (exact) mass is 404 g/mol. The number of aliphatic hydroxyl groups is 1. The SMILES string of the molecule is CC(C)C(=O)C1=C(O)C(=O)N(c2ccc3c(c2)OCO3)C1c1c[nH]c2ccccc12. The third kappa shape index (κ3) is 2.58. The van der Waals surface area contributed by atoms with Crippen molar-refractivity contribution >= 4 is 28.3 Å². The molecule has 0 radical (unpaired) electrons. The molecule has 30 heavy (non-hydrogen) atoms. The highest BCUT2D eigenvalue weighted by Gasteiger charge is 2.45. The van der Waals surface area contributed by atoms with Gasteiger partial charge in [-0.3, -0.25) is 14.5 Å². The molecule has 152 valence electrons. The van der Waals surface area contributed by atoms with Gasteiger partial charge < -0.3 is 19.6 Å². The number of ketones is 1. The van der Waals surface area contributed by atoms with E-state index in [0.717, 1.165) is 16.5 Å². The first kappa shape index (κ1) is 18.3. The first-order valence-corrected chi connectivity index (χ1v) is 9.74. The molecular weight excluding hydrogens is 384 g/mol. The lowest BCUT2D eigenvalue weighted by Crippen LogP contribution is -2.31. The molecule has 0 bridgehead atoms. The second-order valence-corrected chi connectivity index (χ2v) is 7.69. The summed E-state index contributed by atoms with van der Waals surface area (Å²) in [6, 6.07) is 12.0. The number of aromatic amines is 1. The van der Waals surface area contributed by atoms with Crippen molar-refractivity contribution in [2.75, 3.05) is 11.7 Å². The molecule has 1 atom stereocenters. The highest BCUT2D eigenvalue weighted by atomic mass is 16.7. The number of hydrogen-bond acceptors (Lipinski definition) is 5. The molecule has 0 aliphatic carbocycles. The smallest absolute Gasteiger partial charge is 0.294 e. The van der Waals surface area contributed by atoms with E-state index in [1.165, 1.54) is 4.90 Å². The molecular formula is C23H20N2O5. The first-order valence-electron chi connectivity index (χ1n) is 9.74. The van der Waals surface area contributed by atoms with Crippen LogP contribution < -0.4 is 14.4 Å². The lowest BCUT2D eigenvalue weighted by atomic mass is 9.91. The standard InChI is InChI=1S/C23H20N2O5/c1-12(2)21(26)19-20(15-10-24-16-6-4-3-5-14(15)16)25(23(28)22(19)27)13-7-8-17-18(9-13)30-11-29-17/h3-10,12,20,24,27H,11H2,1-2H3. The predicted octanol–water partition coefficient (Wildman–Crippen LogP) is 4.02. The van der Waals surface area contributed by atoms with Gasteiger partial charge >= 0.3 is 0 Å². The highest BCUT2D eigenvalue weighted by molar-refractivity contribution is 6.17. The lowest BCUT2D eigenvalue weighted by molar-refractivity contribution is -0.119. The Morgan fingerprint density at radius 1 is 1.17 bits per heavy atom. The van der Waals surface area contributed by atoms with E-state index >= 15 is 0 Å². The van der Waals surface area contributed by atoms with Gasteiger partial charge in [0.05, 0.1) is 11.6 Å². The number of nitrogens with zero attached hydrogens (tertiary/aromatic N) is 1. The molecule has 0 saturated heterocycles. The van der Waals surface area contributed by atoms with Crippen LogP contribution in [0.5, 0.6) is 11.5 Å². The van der Waals surface area contributed by atoms with Gasteiger partial charge in [0.2, 0.25) is 6.79 Å². The number of amides is 1. The van der Waals surface area contributed by atoms with Crippen LogP contribution in [0, 0.1) is 5.92 Å². The van der Waals surface area contributed by atoms with Crippen molar-refractivity contribution in [2.45, 2.75) is 19.9 Å². The topological polar surface area (TPSA) is 91.9 Å². The van der Waals surface area contributed by atoms with Crippen molar-refractivity contribution in [3.8, 4) is 11.5 Å². The fourth-order valence-corrected chi connectivity index (χ4v) is 4.08. The molecule has 3 aromatic rings. The number of aliphatic hydroxyl groups excluding tert-OH is 1. The maximum absolute atomic E-state index is 13.2. The summed E-state index contributed by atoms with van der Waals surface area (Å²) in [5.74, 6) is -0.667. The van der Waals surface area contributed by atoms with Gasteiger partial charge in [0.15, 0.2) is 23.0 Å². The van der Waals surface area contributed by atoms with Crippen molar-refractivity contribution < 1.29 is 24.2 Å². The average Bonchev–Trinajstić information content (AvgIpc) is 3.44. The molecule has 1 aromatic heterocycles. The van der Waals surface area contributed by atoms with Gasteiger partial charge in [-0.25, -0.2) is 0 Å². The fraction of sp³-hybridized carbons (Fsp3) is 0.217. The van der Waals surface area contributed by atoms with Gasteiger partial charge in [-0.1, -0.05) is 32.0 Å².